The topological polar surface area (TPSA) is 214 Å². The van der Waals surface area contributed by atoms with E-state index in [4.69, 9.17) is 25.4 Å². The molecule has 290 valence electrons. The standard InChI is InChI=1S/C11H8N2O3.C11H10N2O.C10H9N2.C6H5NO3.CH4O.2BrH/c14-13(15)9-2-1-3-11(8-9)16-10-4-6-12-7-5-10;12-9-2-1-3-11(8-9)14-10-4-6-13-7-5-10;1-2-8-12(9-3-1)10-4-6-11-7-5-10;8-6-3-1-2-5(4-6)7(9)10;1-2;;/h1-8H;1-8H,12H2;1-9H;1-4,8H;2H,1H3;2*1H/q;;+1;;;;/p-1. The van der Waals surface area contributed by atoms with Gasteiger partial charge in [-0.25, -0.2) is 0 Å². The van der Waals surface area contributed by atoms with Gasteiger partial charge in [0, 0.05) is 92.4 Å². The van der Waals surface area contributed by atoms with E-state index in [1.165, 1.54) is 30.3 Å². The number of pyridine rings is 4. The number of hydrogen-bond acceptors (Lipinski definition) is 12. The van der Waals surface area contributed by atoms with Crippen molar-refractivity contribution in [3.63, 3.8) is 0 Å². The van der Waals surface area contributed by atoms with Crippen molar-refractivity contribution in [2.45, 2.75) is 0 Å². The number of aromatic nitrogens is 4. The van der Waals surface area contributed by atoms with Crippen LogP contribution in [0.2, 0.25) is 0 Å². The molecule has 0 unspecified atom stereocenters. The van der Waals surface area contributed by atoms with Gasteiger partial charge in [0.05, 0.1) is 22.0 Å². The number of nitrogen functional groups attached to an aromatic ring is 1. The first kappa shape index (κ1) is 47.2. The summed E-state index contributed by atoms with van der Waals surface area (Å²) in [5.74, 6) is 2.42. The van der Waals surface area contributed by atoms with Gasteiger partial charge in [-0.3, -0.25) is 35.2 Å². The molecule has 3 aromatic carbocycles. The van der Waals surface area contributed by atoms with Crippen LogP contribution in [0, 0.1) is 20.2 Å². The van der Waals surface area contributed by atoms with Crippen LogP contribution in [0.4, 0.5) is 17.1 Å². The van der Waals surface area contributed by atoms with E-state index in [1.54, 1.807) is 79.6 Å². The van der Waals surface area contributed by atoms with E-state index in [-0.39, 0.29) is 51.1 Å². The molecule has 0 spiro atoms. The fourth-order valence-corrected chi connectivity index (χ4v) is 4.02. The minimum Gasteiger partial charge on any atom is -1.00 e. The monoisotopic (exact) mass is 889 g/mol. The number of nitrogens with zero attached hydrogens (tertiary/aromatic N) is 6. The molecule has 0 saturated carbocycles. The van der Waals surface area contributed by atoms with Crippen LogP contribution in [0.1, 0.15) is 0 Å². The van der Waals surface area contributed by atoms with Gasteiger partial charge in [-0.1, -0.05) is 24.3 Å². The molecule has 0 aliphatic carbocycles. The number of aliphatic hydroxyl groups excluding tert-OH is 1. The molecule has 0 aliphatic heterocycles. The second-order valence-corrected chi connectivity index (χ2v) is 10.2. The summed E-state index contributed by atoms with van der Waals surface area (Å²) in [4.78, 5) is 31.3. The number of nitrogens with two attached hydrogens (primary N) is 1. The summed E-state index contributed by atoms with van der Waals surface area (Å²) >= 11 is 0. The molecule has 0 aliphatic rings. The molecule has 7 aromatic rings. The number of halogens is 2. The van der Waals surface area contributed by atoms with Gasteiger partial charge in [0.1, 0.15) is 28.7 Å². The fraction of sp³-hybridized carbons (Fsp3) is 0.0256. The molecule has 7 rings (SSSR count). The number of anilines is 1. The first-order chi connectivity index (χ1) is 26.3. The molecule has 15 nitrogen and oxygen atoms in total. The molecule has 4 aromatic heterocycles. The number of non-ortho nitro benzene ring substituents is 2. The second-order valence-electron chi connectivity index (χ2n) is 10.2. The van der Waals surface area contributed by atoms with Crippen molar-refractivity contribution in [1.82, 2.24) is 15.0 Å². The van der Waals surface area contributed by atoms with Crippen LogP contribution in [0.5, 0.6) is 28.7 Å². The van der Waals surface area contributed by atoms with E-state index < -0.39 is 9.85 Å². The van der Waals surface area contributed by atoms with Crippen molar-refractivity contribution in [2.24, 2.45) is 0 Å². The van der Waals surface area contributed by atoms with Crippen molar-refractivity contribution < 1.29 is 51.1 Å². The van der Waals surface area contributed by atoms with E-state index in [0.717, 1.165) is 30.4 Å². The number of aliphatic hydroxyl groups is 1. The lowest BCUT2D eigenvalue weighted by Crippen LogP contribution is -3.00. The Balaban J connectivity index is 0.000000368. The highest BCUT2D eigenvalue weighted by Gasteiger charge is 2.07. The van der Waals surface area contributed by atoms with Crippen LogP contribution in [0.15, 0.2) is 177 Å². The molecular formula is C39H37Br2N7O8. The van der Waals surface area contributed by atoms with E-state index in [0.29, 0.717) is 17.2 Å². The quantitative estimate of drug-likeness (QED) is 0.0827. The Morgan fingerprint density at radius 2 is 1.00 bits per heavy atom. The zero-order valence-corrected chi connectivity index (χ0v) is 32.9. The number of nitro groups is 2. The smallest absolute Gasteiger partial charge is 0.273 e. The molecular weight excluding hydrogens is 854 g/mol. The number of phenols is 1. The van der Waals surface area contributed by atoms with Gasteiger partial charge in [0.15, 0.2) is 12.4 Å². The molecule has 4 N–H and O–H groups in total. The highest BCUT2D eigenvalue weighted by Crippen LogP contribution is 2.24. The number of nitro benzene ring substituents is 2. The SMILES string of the molecule is Br.CO.Nc1cccc(Oc2ccncc2)c1.O=[N+]([O-])c1cccc(O)c1.O=[N+]([O-])c1cccc(Oc2ccncc2)c1.[Br-].c1cc[n+](-c2ccncc2)cc1. The van der Waals surface area contributed by atoms with Gasteiger partial charge in [0.2, 0.25) is 5.69 Å². The van der Waals surface area contributed by atoms with E-state index in [1.807, 2.05) is 65.5 Å². The van der Waals surface area contributed by atoms with E-state index >= 15 is 0 Å². The fourth-order valence-electron chi connectivity index (χ4n) is 4.02. The summed E-state index contributed by atoms with van der Waals surface area (Å²) in [6.45, 7) is 0. The van der Waals surface area contributed by atoms with Crippen LogP contribution < -0.4 is 36.8 Å². The van der Waals surface area contributed by atoms with Gasteiger partial charge >= 0.3 is 0 Å². The number of benzene rings is 3. The molecule has 0 bridgehead atoms. The minimum atomic E-state index is -0.556. The Morgan fingerprint density at radius 3 is 1.45 bits per heavy atom. The molecule has 0 atom stereocenters. The minimum absolute atomic E-state index is 0. The van der Waals surface area contributed by atoms with Gasteiger partial charge in [-0.2, -0.15) is 4.57 Å². The van der Waals surface area contributed by atoms with E-state index in [9.17, 15) is 20.2 Å². The number of hydrogen-bond donors (Lipinski definition) is 3. The average Bonchev–Trinajstić information content (AvgIpc) is 3.21. The molecule has 0 amide bonds. The first-order valence-corrected chi connectivity index (χ1v) is 15.8. The summed E-state index contributed by atoms with van der Waals surface area (Å²) in [7, 11) is 1.00. The normalized spacial score (nSPS) is 9.04. The zero-order chi connectivity index (χ0) is 39.0. The van der Waals surface area contributed by atoms with Crippen molar-refractivity contribution in [3.8, 4) is 34.4 Å². The Hall–Kier alpha value is -6.82. The van der Waals surface area contributed by atoms with Crippen LogP contribution >= 0.6 is 17.0 Å². The summed E-state index contributed by atoms with van der Waals surface area (Å²) < 4.78 is 13.0. The molecule has 17 heteroatoms. The maximum absolute atomic E-state index is 10.5. The number of aromatic hydroxyl groups is 1. The molecule has 0 fully saturated rings. The van der Waals surface area contributed by atoms with Crippen LogP contribution in [-0.4, -0.2) is 42.1 Å². The number of rotatable bonds is 7. The Kier molecular flexibility index (Phi) is 22.6. The molecule has 56 heavy (non-hydrogen) atoms. The highest BCUT2D eigenvalue weighted by atomic mass is 79.9. The van der Waals surface area contributed by atoms with Crippen LogP contribution in [0.3, 0.4) is 0 Å². The predicted octanol–water partition coefficient (Wildman–Crippen LogP) is 5.09. The maximum atomic E-state index is 10.5. The van der Waals surface area contributed by atoms with Crippen molar-refractivity contribution >= 4 is 34.0 Å². The maximum Gasteiger partial charge on any atom is 0.273 e. The van der Waals surface area contributed by atoms with Crippen LogP contribution in [0.25, 0.3) is 5.69 Å². The summed E-state index contributed by atoms with van der Waals surface area (Å²) in [6.07, 6.45) is 14.1. The lowest BCUT2D eigenvalue weighted by Gasteiger charge is -2.04. The van der Waals surface area contributed by atoms with Gasteiger partial charge in [-0.15, -0.1) is 17.0 Å². The first-order valence-electron chi connectivity index (χ1n) is 15.8. The third-order valence-corrected chi connectivity index (χ3v) is 6.37. The summed E-state index contributed by atoms with van der Waals surface area (Å²) in [6, 6.07) is 35.5. The van der Waals surface area contributed by atoms with Crippen molar-refractivity contribution in [1.29, 1.82) is 0 Å². The Morgan fingerprint density at radius 1 is 0.571 bits per heavy atom. The molecule has 0 radical (unpaired) electrons. The third-order valence-electron chi connectivity index (χ3n) is 6.37. The van der Waals surface area contributed by atoms with Crippen LogP contribution in [-0.2, 0) is 0 Å². The lowest BCUT2D eigenvalue weighted by atomic mass is 10.3. The van der Waals surface area contributed by atoms with E-state index in [2.05, 4.69) is 15.0 Å². The average molecular weight is 892 g/mol. The number of ether oxygens (including phenoxy) is 2. The van der Waals surface area contributed by atoms with Gasteiger partial charge in [0.25, 0.3) is 11.4 Å². The molecule has 0 saturated heterocycles. The lowest BCUT2D eigenvalue weighted by molar-refractivity contribution is -0.595. The highest BCUT2D eigenvalue weighted by molar-refractivity contribution is 8.93. The Labute approximate surface area is 343 Å². The largest absolute Gasteiger partial charge is 1.00 e. The molecule has 4 heterocycles. The summed E-state index contributed by atoms with van der Waals surface area (Å²) in [5, 5.41) is 36.4. The third kappa shape index (κ3) is 17.8. The van der Waals surface area contributed by atoms with Gasteiger partial charge < -0.3 is 42.4 Å². The summed E-state index contributed by atoms with van der Waals surface area (Å²) in [5.41, 5.74) is 7.35. The van der Waals surface area contributed by atoms with Crippen molar-refractivity contribution in [3.05, 3.63) is 197 Å². The second kappa shape index (κ2) is 26.9. The predicted molar refractivity (Wildman–Crippen MR) is 212 cm³/mol. The Bertz CT molecular complexity index is 2110. The zero-order valence-electron chi connectivity index (χ0n) is 29.6. The number of phenolic OH excluding ortho intramolecular Hbond substituents is 1. The van der Waals surface area contributed by atoms with Gasteiger partial charge in [-0.05, 0) is 48.5 Å². The van der Waals surface area contributed by atoms with Crippen molar-refractivity contribution in [2.75, 3.05) is 12.8 Å².